The Labute approximate surface area is 175 Å². The summed E-state index contributed by atoms with van der Waals surface area (Å²) < 4.78 is 11.1. The van der Waals surface area contributed by atoms with Crippen LogP contribution in [-0.4, -0.2) is 29.9 Å². The van der Waals surface area contributed by atoms with Crippen molar-refractivity contribution in [3.05, 3.63) is 54.1 Å². The molecule has 0 spiro atoms. The third kappa shape index (κ3) is 4.82. The number of carbonyl (C=O) groups is 1. The standard InChI is InChI=1S/C23H26N2O3S/c1-5-20(23(26)24-17-11-7-8-12-18(17)28-6-2)29-21-14-15(3)16-10-9-13-19(27-4)22(16)25-21/h7-14,20H,5-6H2,1-4H3,(H,24,26). The van der Waals surface area contributed by atoms with Gasteiger partial charge in [0.15, 0.2) is 0 Å². The zero-order chi connectivity index (χ0) is 20.8. The van der Waals surface area contributed by atoms with E-state index >= 15 is 0 Å². The highest BCUT2D eigenvalue weighted by Crippen LogP contribution is 2.33. The zero-order valence-electron chi connectivity index (χ0n) is 17.2. The van der Waals surface area contributed by atoms with Gasteiger partial charge in [0.1, 0.15) is 17.0 Å². The number of ether oxygens (including phenoxy) is 2. The summed E-state index contributed by atoms with van der Waals surface area (Å²) in [6, 6.07) is 15.4. The highest BCUT2D eigenvalue weighted by atomic mass is 32.2. The van der Waals surface area contributed by atoms with Gasteiger partial charge in [-0.05, 0) is 50.1 Å². The van der Waals surface area contributed by atoms with E-state index in [1.165, 1.54) is 11.8 Å². The first-order chi connectivity index (χ1) is 14.1. The Morgan fingerprint density at radius 2 is 1.90 bits per heavy atom. The second-order valence-electron chi connectivity index (χ2n) is 6.57. The van der Waals surface area contributed by atoms with E-state index in [-0.39, 0.29) is 11.2 Å². The summed E-state index contributed by atoms with van der Waals surface area (Å²) in [5.74, 6) is 1.34. The molecule has 0 bridgehead atoms. The van der Waals surface area contributed by atoms with Crippen LogP contribution in [0.25, 0.3) is 10.9 Å². The SMILES string of the molecule is CCOc1ccccc1NC(=O)C(CC)Sc1cc(C)c2cccc(OC)c2n1. The Kier molecular flexibility index (Phi) is 6.99. The van der Waals surface area contributed by atoms with Gasteiger partial charge in [0.05, 0.1) is 29.7 Å². The van der Waals surface area contributed by atoms with E-state index in [4.69, 9.17) is 14.5 Å². The molecule has 3 rings (SSSR count). The van der Waals surface area contributed by atoms with Crippen molar-refractivity contribution in [3.8, 4) is 11.5 Å². The van der Waals surface area contributed by atoms with Crippen molar-refractivity contribution in [2.45, 2.75) is 37.5 Å². The van der Waals surface area contributed by atoms with Gasteiger partial charge >= 0.3 is 0 Å². The Morgan fingerprint density at radius 3 is 2.62 bits per heavy atom. The molecule has 0 aliphatic carbocycles. The lowest BCUT2D eigenvalue weighted by molar-refractivity contribution is -0.115. The number of hydrogen-bond donors (Lipinski definition) is 1. The Balaban J connectivity index is 1.83. The van der Waals surface area contributed by atoms with Crippen molar-refractivity contribution in [1.82, 2.24) is 4.98 Å². The van der Waals surface area contributed by atoms with Gasteiger partial charge in [-0.3, -0.25) is 4.79 Å². The average molecular weight is 411 g/mol. The smallest absolute Gasteiger partial charge is 0.238 e. The van der Waals surface area contributed by atoms with Crippen molar-refractivity contribution in [3.63, 3.8) is 0 Å². The number of benzene rings is 2. The van der Waals surface area contributed by atoms with Gasteiger partial charge in [0.25, 0.3) is 0 Å². The molecule has 1 N–H and O–H groups in total. The summed E-state index contributed by atoms with van der Waals surface area (Å²) in [6.07, 6.45) is 0.679. The summed E-state index contributed by atoms with van der Waals surface area (Å²) >= 11 is 1.46. The van der Waals surface area contributed by atoms with Crippen LogP contribution in [0.1, 0.15) is 25.8 Å². The molecule has 1 aromatic heterocycles. The van der Waals surface area contributed by atoms with Crippen LogP contribution in [0.15, 0.2) is 53.6 Å². The van der Waals surface area contributed by atoms with Crippen LogP contribution in [0.5, 0.6) is 11.5 Å². The maximum absolute atomic E-state index is 12.9. The molecule has 0 radical (unpaired) electrons. The minimum atomic E-state index is -0.274. The topological polar surface area (TPSA) is 60.5 Å². The van der Waals surface area contributed by atoms with Crippen molar-refractivity contribution >= 4 is 34.3 Å². The number of para-hydroxylation sites is 3. The minimum Gasteiger partial charge on any atom is -0.494 e. The Morgan fingerprint density at radius 1 is 1.14 bits per heavy atom. The molecule has 3 aromatic rings. The number of anilines is 1. The second-order valence-corrected chi connectivity index (χ2v) is 7.79. The monoisotopic (exact) mass is 410 g/mol. The van der Waals surface area contributed by atoms with Gasteiger partial charge in [-0.15, -0.1) is 0 Å². The molecule has 152 valence electrons. The number of nitrogens with zero attached hydrogens (tertiary/aromatic N) is 1. The van der Waals surface area contributed by atoms with Gasteiger partial charge in [0.2, 0.25) is 5.91 Å². The molecule has 0 saturated heterocycles. The molecule has 0 aliphatic heterocycles. The maximum atomic E-state index is 12.9. The molecular weight excluding hydrogens is 384 g/mol. The van der Waals surface area contributed by atoms with Crippen LogP contribution in [-0.2, 0) is 4.79 Å². The van der Waals surface area contributed by atoms with Gasteiger partial charge in [-0.1, -0.05) is 43.0 Å². The number of carbonyl (C=O) groups excluding carboxylic acids is 1. The lowest BCUT2D eigenvalue weighted by Crippen LogP contribution is -2.25. The Hall–Kier alpha value is -2.73. The predicted molar refractivity (Wildman–Crippen MR) is 119 cm³/mol. The fourth-order valence-electron chi connectivity index (χ4n) is 3.12. The second kappa shape index (κ2) is 9.65. The number of pyridine rings is 1. The van der Waals surface area contributed by atoms with Crippen LogP contribution < -0.4 is 14.8 Å². The molecule has 0 fully saturated rings. The summed E-state index contributed by atoms with van der Waals surface area (Å²) in [6.45, 7) is 6.51. The summed E-state index contributed by atoms with van der Waals surface area (Å²) in [4.78, 5) is 17.7. The maximum Gasteiger partial charge on any atom is 0.238 e. The Bertz CT molecular complexity index is 1010. The fraction of sp³-hybridized carbons (Fsp3) is 0.304. The number of amides is 1. The van der Waals surface area contributed by atoms with Crippen molar-refractivity contribution in [2.75, 3.05) is 19.0 Å². The molecule has 0 aliphatic rings. The summed E-state index contributed by atoms with van der Waals surface area (Å²) in [7, 11) is 1.64. The van der Waals surface area contributed by atoms with Gasteiger partial charge in [0, 0.05) is 5.39 Å². The van der Waals surface area contributed by atoms with E-state index in [2.05, 4.69) is 5.32 Å². The minimum absolute atomic E-state index is 0.0655. The van der Waals surface area contributed by atoms with E-state index in [0.29, 0.717) is 24.5 Å². The van der Waals surface area contributed by atoms with Crippen LogP contribution in [0, 0.1) is 6.92 Å². The van der Waals surface area contributed by atoms with Crippen molar-refractivity contribution in [2.24, 2.45) is 0 Å². The molecule has 2 aromatic carbocycles. The van der Waals surface area contributed by atoms with E-state index in [0.717, 1.165) is 27.2 Å². The molecular formula is C23H26N2O3S. The first-order valence-electron chi connectivity index (χ1n) is 9.71. The number of rotatable bonds is 8. The van der Waals surface area contributed by atoms with E-state index in [1.54, 1.807) is 7.11 Å². The number of nitrogens with one attached hydrogen (secondary N) is 1. The number of aromatic nitrogens is 1. The number of methoxy groups -OCH3 is 1. The predicted octanol–water partition coefficient (Wildman–Crippen LogP) is 5.46. The number of hydrogen-bond acceptors (Lipinski definition) is 5. The molecule has 6 heteroatoms. The third-order valence-corrected chi connectivity index (χ3v) is 5.86. The van der Waals surface area contributed by atoms with Crippen molar-refractivity contribution < 1.29 is 14.3 Å². The summed E-state index contributed by atoms with van der Waals surface area (Å²) in [5, 5.41) is 4.59. The van der Waals surface area contributed by atoms with Crippen LogP contribution in [0.2, 0.25) is 0 Å². The summed E-state index contributed by atoms with van der Waals surface area (Å²) in [5.41, 5.74) is 2.60. The molecule has 0 saturated carbocycles. The molecule has 1 amide bonds. The van der Waals surface area contributed by atoms with Gasteiger partial charge in [-0.2, -0.15) is 0 Å². The first kappa shape index (κ1) is 21.0. The zero-order valence-corrected chi connectivity index (χ0v) is 18.0. The quantitative estimate of drug-likeness (QED) is 0.500. The van der Waals surface area contributed by atoms with E-state index in [9.17, 15) is 4.79 Å². The average Bonchev–Trinajstić information content (AvgIpc) is 2.73. The molecule has 29 heavy (non-hydrogen) atoms. The van der Waals surface area contributed by atoms with Crippen LogP contribution >= 0.6 is 11.8 Å². The van der Waals surface area contributed by atoms with Crippen LogP contribution in [0.4, 0.5) is 5.69 Å². The third-order valence-electron chi connectivity index (χ3n) is 4.58. The number of fused-ring (bicyclic) bond motifs is 1. The highest BCUT2D eigenvalue weighted by molar-refractivity contribution is 8.00. The molecule has 1 atom stereocenters. The highest BCUT2D eigenvalue weighted by Gasteiger charge is 2.21. The molecule has 1 heterocycles. The van der Waals surface area contributed by atoms with E-state index < -0.39 is 0 Å². The lowest BCUT2D eigenvalue weighted by atomic mass is 10.1. The fourth-order valence-corrected chi connectivity index (χ4v) is 4.13. The molecule has 1 unspecified atom stereocenters. The van der Waals surface area contributed by atoms with Gasteiger partial charge in [-0.25, -0.2) is 4.98 Å². The largest absolute Gasteiger partial charge is 0.494 e. The van der Waals surface area contributed by atoms with Gasteiger partial charge < -0.3 is 14.8 Å². The van der Waals surface area contributed by atoms with E-state index in [1.807, 2.05) is 69.3 Å². The number of thioether (sulfide) groups is 1. The first-order valence-corrected chi connectivity index (χ1v) is 10.6. The number of aryl methyl sites for hydroxylation is 1. The van der Waals surface area contributed by atoms with Crippen molar-refractivity contribution in [1.29, 1.82) is 0 Å². The normalized spacial score (nSPS) is 11.9. The lowest BCUT2D eigenvalue weighted by Gasteiger charge is -2.17. The van der Waals surface area contributed by atoms with Crippen LogP contribution in [0.3, 0.4) is 0 Å². The molecule has 5 nitrogen and oxygen atoms in total.